The zero-order chi connectivity index (χ0) is 18.2. The van der Waals surface area contributed by atoms with Crippen LogP contribution in [-0.2, 0) is 16.4 Å². The molecule has 1 aliphatic rings. The molecule has 0 radical (unpaired) electrons. The number of carbonyl (C=O) groups is 1. The molecule has 2 aromatic rings. The van der Waals surface area contributed by atoms with Crippen molar-refractivity contribution in [3.63, 3.8) is 0 Å². The van der Waals surface area contributed by atoms with Gasteiger partial charge in [0.2, 0.25) is 10.0 Å². The predicted octanol–water partition coefficient (Wildman–Crippen LogP) is 2.70. The van der Waals surface area contributed by atoms with Crippen molar-refractivity contribution in [1.82, 2.24) is 4.31 Å². The highest BCUT2D eigenvalue weighted by atomic mass is 32.2. The Balaban J connectivity index is 1.98. The van der Waals surface area contributed by atoms with E-state index in [1.165, 1.54) is 28.6 Å². The lowest BCUT2D eigenvalue weighted by Crippen LogP contribution is -2.38. The molecule has 0 spiro atoms. The van der Waals surface area contributed by atoms with Gasteiger partial charge in [-0.25, -0.2) is 13.2 Å². The number of ether oxygens (including phenoxy) is 1. The summed E-state index contributed by atoms with van der Waals surface area (Å²) in [5.74, 6) is -0.405. The second kappa shape index (κ2) is 6.50. The van der Waals surface area contributed by atoms with Crippen molar-refractivity contribution in [1.29, 1.82) is 0 Å². The predicted molar refractivity (Wildman–Crippen MR) is 92.4 cm³/mol. The molecule has 0 aliphatic carbocycles. The summed E-state index contributed by atoms with van der Waals surface area (Å²) in [6, 6.07) is 10.7. The van der Waals surface area contributed by atoms with Crippen LogP contribution in [0.25, 0.3) is 0 Å². The lowest BCUT2D eigenvalue weighted by molar-refractivity contribution is 0.0696. The first-order valence-electron chi connectivity index (χ1n) is 7.86. The molecule has 7 heteroatoms. The van der Waals surface area contributed by atoms with Gasteiger partial charge < -0.3 is 9.84 Å². The summed E-state index contributed by atoms with van der Waals surface area (Å²) in [4.78, 5) is 11.1. The minimum Gasteiger partial charge on any atom is -0.497 e. The monoisotopic (exact) mass is 361 g/mol. The van der Waals surface area contributed by atoms with Crippen LogP contribution < -0.4 is 4.74 Å². The standard InChI is InChI=1S/C18H19NO5S/c1-12-17-7-6-15(24-2)10-13(17)8-9-19(12)25(22,23)16-5-3-4-14(11-16)18(20)21/h3-7,10-12H,8-9H2,1-2H3,(H,20,21). The van der Waals surface area contributed by atoms with Crippen LogP contribution in [0.1, 0.15) is 34.5 Å². The van der Waals surface area contributed by atoms with Crippen LogP contribution in [0.3, 0.4) is 0 Å². The van der Waals surface area contributed by atoms with E-state index in [1.54, 1.807) is 7.11 Å². The Hall–Kier alpha value is -2.38. The van der Waals surface area contributed by atoms with Gasteiger partial charge in [0.05, 0.1) is 17.6 Å². The topological polar surface area (TPSA) is 83.9 Å². The molecule has 2 aromatic carbocycles. The van der Waals surface area contributed by atoms with E-state index in [-0.39, 0.29) is 16.5 Å². The van der Waals surface area contributed by atoms with Crippen molar-refractivity contribution in [2.24, 2.45) is 0 Å². The van der Waals surface area contributed by atoms with Crippen LogP contribution in [0.2, 0.25) is 0 Å². The van der Waals surface area contributed by atoms with Gasteiger partial charge in [0.15, 0.2) is 0 Å². The zero-order valence-corrected chi connectivity index (χ0v) is 14.8. The van der Waals surface area contributed by atoms with E-state index in [0.717, 1.165) is 16.9 Å². The molecule has 1 aliphatic heterocycles. The molecular weight excluding hydrogens is 342 g/mol. The molecule has 0 bridgehead atoms. The fourth-order valence-electron chi connectivity index (χ4n) is 3.17. The lowest BCUT2D eigenvalue weighted by Gasteiger charge is -2.34. The Labute approximate surface area is 146 Å². The van der Waals surface area contributed by atoms with E-state index >= 15 is 0 Å². The van der Waals surface area contributed by atoms with Gasteiger partial charge >= 0.3 is 5.97 Å². The third-order valence-corrected chi connectivity index (χ3v) is 6.49. The van der Waals surface area contributed by atoms with Crippen molar-refractivity contribution in [2.75, 3.05) is 13.7 Å². The summed E-state index contributed by atoms with van der Waals surface area (Å²) in [5, 5.41) is 9.10. The molecule has 1 N–H and O–H groups in total. The molecule has 0 fully saturated rings. The normalized spacial score (nSPS) is 17.8. The lowest BCUT2D eigenvalue weighted by atomic mass is 9.95. The highest BCUT2D eigenvalue weighted by Gasteiger charge is 2.34. The van der Waals surface area contributed by atoms with Crippen molar-refractivity contribution < 1.29 is 23.1 Å². The first kappa shape index (κ1) is 17.4. The van der Waals surface area contributed by atoms with Gasteiger partial charge in [0.25, 0.3) is 0 Å². The number of methoxy groups -OCH3 is 1. The Morgan fingerprint density at radius 3 is 2.68 bits per heavy atom. The number of rotatable bonds is 4. The summed E-state index contributed by atoms with van der Waals surface area (Å²) >= 11 is 0. The number of benzene rings is 2. The number of carboxylic acids is 1. The minimum atomic E-state index is -3.79. The van der Waals surface area contributed by atoms with E-state index in [9.17, 15) is 13.2 Å². The van der Waals surface area contributed by atoms with Gasteiger partial charge in [0, 0.05) is 12.6 Å². The molecule has 0 amide bonds. The largest absolute Gasteiger partial charge is 0.497 e. The highest BCUT2D eigenvalue weighted by molar-refractivity contribution is 7.89. The van der Waals surface area contributed by atoms with Gasteiger partial charge in [0.1, 0.15) is 5.75 Å². The van der Waals surface area contributed by atoms with E-state index < -0.39 is 16.0 Å². The van der Waals surface area contributed by atoms with Crippen molar-refractivity contribution in [2.45, 2.75) is 24.3 Å². The van der Waals surface area contributed by atoms with Crippen molar-refractivity contribution in [3.05, 3.63) is 59.2 Å². The Morgan fingerprint density at radius 2 is 2.00 bits per heavy atom. The first-order chi connectivity index (χ1) is 11.8. The Bertz CT molecular complexity index is 923. The third kappa shape index (κ3) is 3.12. The van der Waals surface area contributed by atoms with Gasteiger partial charge in [-0.1, -0.05) is 12.1 Å². The molecule has 25 heavy (non-hydrogen) atoms. The van der Waals surface area contributed by atoms with Crippen LogP contribution in [0.15, 0.2) is 47.4 Å². The number of sulfonamides is 1. The maximum atomic E-state index is 13.0. The van der Waals surface area contributed by atoms with E-state index in [2.05, 4.69) is 0 Å². The molecule has 1 atom stereocenters. The van der Waals surface area contributed by atoms with E-state index in [4.69, 9.17) is 9.84 Å². The summed E-state index contributed by atoms with van der Waals surface area (Å²) in [5.41, 5.74) is 1.96. The first-order valence-corrected chi connectivity index (χ1v) is 9.30. The smallest absolute Gasteiger partial charge is 0.335 e. The van der Waals surface area contributed by atoms with Crippen LogP contribution in [0.5, 0.6) is 5.75 Å². The molecule has 6 nitrogen and oxygen atoms in total. The summed E-state index contributed by atoms with van der Waals surface area (Å²) in [6.45, 7) is 2.17. The minimum absolute atomic E-state index is 0.00351. The van der Waals surface area contributed by atoms with Crippen LogP contribution in [-0.4, -0.2) is 37.5 Å². The number of hydrogen-bond donors (Lipinski definition) is 1. The molecular formula is C18H19NO5S. The van der Waals surface area contributed by atoms with Crippen molar-refractivity contribution >= 4 is 16.0 Å². The van der Waals surface area contributed by atoms with Crippen LogP contribution in [0, 0.1) is 0 Å². The Morgan fingerprint density at radius 1 is 1.24 bits per heavy atom. The average Bonchev–Trinajstić information content (AvgIpc) is 2.61. The zero-order valence-electron chi connectivity index (χ0n) is 14.0. The number of hydrogen-bond acceptors (Lipinski definition) is 4. The van der Waals surface area contributed by atoms with Gasteiger partial charge in [-0.15, -0.1) is 0 Å². The van der Waals surface area contributed by atoms with Crippen LogP contribution >= 0.6 is 0 Å². The maximum absolute atomic E-state index is 13.0. The fourth-order valence-corrected chi connectivity index (χ4v) is 4.82. The molecule has 132 valence electrons. The number of aromatic carboxylic acids is 1. The summed E-state index contributed by atoms with van der Waals surface area (Å²) in [6.07, 6.45) is 0.578. The molecule has 1 unspecified atom stereocenters. The van der Waals surface area contributed by atoms with Gasteiger partial charge in [-0.05, 0) is 54.8 Å². The number of fused-ring (bicyclic) bond motifs is 1. The quantitative estimate of drug-likeness (QED) is 0.905. The molecule has 0 aromatic heterocycles. The fraction of sp³-hybridized carbons (Fsp3) is 0.278. The molecule has 0 saturated carbocycles. The number of nitrogens with zero attached hydrogens (tertiary/aromatic N) is 1. The summed E-state index contributed by atoms with van der Waals surface area (Å²) < 4.78 is 32.7. The van der Waals surface area contributed by atoms with E-state index in [0.29, 0.717) is 13.0 Å². The Kier molecular flexibility index (Phi) is 4.53. The van der Waals surface area contributed by atoms with Gasteiger partial charge in [-0.3, -0.25) is 0 Å². The summed E-state index contributed by atoms with van der Waals surface area (Å²) in [7, 11) is -2.19. The highest BCUT2D eigenvalue weighted by Crippen LogP contribution is 2.35. The number of carboxylic acid groups (broad SMARTS) is 1. The molecule has 3 rings (SSSR count). The second-order valence-corrected chi connectivity index (χ2v) is 7.83. The van der Waals surface area contributed by atoms with E-state index in [1.807, 2.05) is 25.1 Å². The molecule has 1 heterocycles. The van der Waals surface area contributed by atoms with Gasteiger partial charge in [-0.2, -0.15) is 4.31 Å². The van der Waals surface area contributed by atoms with Crippen LogP contribution in [0.4, 0.5) is 0 Å². The average molecular weight is 361 g/mol. The SMILES string of the molecule is COc1ccc2c(c1)CCN(S(=O)(=O)c1cccc(C(=O)O)c1)C2C. The maximum Gasteiger partial charge on any atom is 0.335 e. The third-order valence-electron chi connectivity index (χ3n) is 4.52. The second-order valence-electron chi connectivity index (χ2n) is 5.94. The van der Waals surface area contributed by atoms with Crippen molar-refractivity contribution in [3.8, 4) is 5.75 Å². The molecule has 0 saturated heterocycles.